The summed E-state index contributed by atoms with van der Waals surface area (Å²) in [6, 6.07) is 2.23. The Balaban J connectivity index is 2.03. The molecule has 0 bridgehead atoms. The normalized spacial score (nSPS) is 26.3. The summed E-state index contributed by atoms with van der Waals surface area (Å²) in [5.41, 5.74) is 5.54. The van der Waals surface area contributed by atoms with Crippen LogP contribution in [0.5, 0.6) is 0 Å². The maximum Gasteiger partial charge on any atom is 0.0328 e. The molecule has 13 heavy (non-hydrogen) atoms. The van der Waals surface area contributed by atoms with E-state index in [0.717, 1.165) is 5.41 Å². The van der Waals surface area contributed by atoms with E-state index in [1.807, 2.05) is 11.3 Å². The quantitative estimate of drug-likeness (QED) is 0.627. The third kappa shape index (κ3) is 1.03. The molecule has 0 saturated heterocycles. The van der Waals surface area contributed by atoms with Gasteiger partial charge in [-0.15, -0.1) is 11.3 Å². The topological polar surface area (TPSA) is 0 Å². The van der Waals surface area contributed by atoms with Crippen LogP contribution in [0.2, 0.25) is 0 Å². The second kappa shape index (κ2) is 2.27. The molecule has 1 aromatic heterocycles. The van der Waals surface area contributed by atoms with E-state index in [-0.39, 0.29) is 0 Å². The Kier molecular flexibility index (Phi) is 1.36. The molecular formula is C12H14S. The molecule has 2 fully saturated rings. The minimum atomic E-state index is 0.737. The molecule has 1 spiro atoms. The first-order chi connectivity index (χ1) is 6.23. The largest absolute Gasteiger partial charge is 0.144 e. The van der Waals surface area contributed by atoms with Crippen molar-refractivity contribution < 1.29 is 0 Å². The number of rotatable bonds is 1. The summed E-state index contributed by atoms with van der Waals surface area (Å²) in [4.78, 5) is 1.53. The Labute approximate surface area is 83.3 Å². The van der Waals surface area contributed by atoms with Gasteiger partial charge in [-0.25, -0.2) is 0 Å². The van der Waals surface area contributed by atoms with Crippen molar-refractivity contribution in [3.8, 4) is 0 Å². The van der Waals surface area contributed by atoms with Gasteiger partial charge in [-0.05, 0) is 61.1 Å². The monoisotopic (exact) mass is 190 g/mol. The van der Waals surface area contributed by atoms with Crippen molar-refractivity contribution in [2.45, 2.75) is 33.1 Å². The van der Waals surface area contributed by atoms with Crippen LogP contribution in [0.1, 0.15) is 36.6 Å². The third-order valence-corrected chi connectivity index (χ3v) is 4.68. The van der Waals surface area contributed by atoms with E-state index in [9.17, 15) is 0 Å². The average molecular weight is 190 g/mol. The van der Waals surface area contributed by atoms with E-state index < -0.39 is 0 Å². The fraction of sp³-hybridized carbons (Fsp3) is 0.500. The Bertz CT molecular complexity index is 391. The highest BCUT2D eigenvalue weighted by atomic mass is 32.1. The van der Waals surface area contributed by atoms with E-state index in [1.165, 1.54) is 29.7 Å². The molecule has 0 amide bonds. The zero-order valence-corrected chi connectivity index (χ0v) is 9.00. The van der Waals surface area contributed by atoms with Gasteiger partial charge in [-0.3, -0.25) is 0 Å². The van der Waals surface area contributed by atoms with Crippen LogP contribution >= 0.6 is 11.3 Å². The van der Waals surface area contributed by atoms with Gasteiger partial charge in [0.2, 0.25) is 0 Å². The first-order valence-electron chi connectivity index (χ1n) is 4.98. The highest BCUT2D eigenvalue weighted by Gasteiger charge is 2.59. The number of thiophene rings is 1. The van der Waals surface area contributed by atoms with Crippen molar-refractivity contribution >= 4 is 16.9 Å². The Morgan fingerprint density at radius 3 is 2.69 bits per heavy atom. The van der Waals surface area contributed by atoms with E-state index in [4.69, 9.17) is 0 Å². The van der Waals surface area contributed by atoms with Crippen molar-refractivity contribution in [3.63, 3.8) is 0 Å². The molecule has 3 rings (SSSR count). The lowest BCUT2D eigenvalue weighted by atomic mass is 10.1. The predicted octanol–water partition coefficient (Wildman–Crippen LogP) is 4.01. The van der Waals surface area contributed by atoms with Gasteiger partial charge in [0.25, 0.3) is 0 Å². The first kappa shape index (κ1) is 7.81. The molecule has 0 unspecified atom stereocenters. The first-order valence-corrected chi connectivity index (χ1v) is 5.86. The Morgan fingerprint density at radius 1 is 1.46 bits per heavy atom. The molecule has 0 radical (unpaired) electrons. The van der Waals surface area contributed by atoms with Crippen LogP contribution in [0, 0.1) is 12.3 Å². The van der Waals surface area contributed by atoms with Gasteiger partial charge in [0, 0.05) is 4.88 Å². The highest BCUT2D eigenvalue weighted by Crippen LogP contribution is 2.72. The average Bonchev–Trinajstić information content (AvgIpc) is 3.00. The minimum absolute atomic E-state index is 0.737. The van der Waals surface area contributed by atoms with Crippen molar-refractivity contribution in [3.05, 3.63) is 27.5 Å². The van der Waals surface area contributed by atoms with Crippen LogP contribution in [0.15, 0.2) is 17.0 Å². The van der Waals surface area contributed by atoms with Crippen LogP contribution in [-0.4, -0.2) is 0 Å². The fourth-order valence-corrected chi connectivity index (χ4v) is 3.31. The van der Waals surface area contributed by atoms with Crippen molar-refractivity contribution in [2.24, 2.45) is 5.41 Å². The molecule has 68 valence electrons. The molecule has 2 aliphatic rings. The van der Waals surface area contributed by atoms with Gasteiger partial charge in [-0.2, -0.15) is 0 Å². The van der Waals surface area contributed by atoms with E-state index in [0.29, 0.717) is 0 Å². The van der Waals surface area contributed by atoms with E-state index in [2.05, 4.69) is 25.3 Å². The summed E-state index contributed by atoms with van der Waals surface area (Å²) in [5.74, 6) is 0. The molecule has 0 nitrogen and oxygen atoms in total. The molecule has 1 aromatic rings. The molecule has 1 heterocycles. The maximum atomic E-state index is 2.31. The van der Waals surface area contributed by atoms with Crippen LogP contribution < -0.4 is 0 Å². The zero-order chi connectivity index (χ0) is 9.05. The Hall–Kier alpha value is -0.560. The van der Waals surface area contributed by atoms with Gasteiger partial charge in [-0.1, -0.05) is 5.57 Å². The lowest BCUT2D eigenvalue weighted by Crippen LogP contribution is -1.77. The number of aryl methyl sites for hydroxylation is 1. The second-order valence-corrected chi connectivity index (χ2v) is 5.41. The standard InChI is InChI=1S/C12H14S/c1-8-3-6-13-11(8)9(2)10-7-12(10)4-5-12/h3,6H,4-5,7H2,1-2H3/b10-9-. The SMILES string of the molecule is C/C(=C1\CC12CC2)c1sccc1C. The molecule has 0 atom stereocenters. The smallest absolute Gasteiger partial charge is 0.0328 e. The number of hydrogen-bond acceptors (Lipinski definition) is 1. The molecule has 2 saturated carbocycles. The summed E-state index contributed by atoms with van der Waals surface area (Å²) >= 11 is 1.90. The number of allylic oxidation sites excluding steroid dienone is 2. The van der Waals surface area contributed by atoms with E-state index in [1.54, 1.807) is 11.1 Å². The van der Waals surface area contributed by atoms with Crippen LogP contribution in [0.4, 0.5) is 0 Å². The van der Waals surface area contributed by atoms with Crippen molar-refractivity contribution in [1.29, 1.82) is 0 Å². The van der Waals surface area contributed by atoms with Gasteiger partial charge < -0.3 is 0 Å². The fourth-order valence-electron chi connectivity index (χ4n) is 2.35. The molecule has 0 aromatic carbocycles. The van der Waals surface area contributed by atoms with Crippen LogP contribution in [-0.2, 0) is 0 Å². The molecular weight excluding hydrogens is 176 g/mol. The molecule has 0 N–H and O–H groups in total. The second-order valence-electron chi connectivity index (χ2n) is 4.49. The maximum absolute atomic E-state index is 2.31. The summed E-state index contributed by atoms with van der Waals surface area (Å²) in [6.45, 7) is 4.53. The number of hydrogen-bond donors (Lipinski definition) is 0. The van der Waals surface area contributed by atoms with Gasteiger partial charge in [0.15, 0.2) is 0 Å². The van der Waals surface area contributed by atoms with Crippen LogP contribution in [0.25, 0.3) is 5.57 Å². The summed E-state index contributed by atoms with van der Waals surface area (Å²) in [7, 11) is 0. The molecule has 1 heteroatoms. The van der Waals surface area contributed by atoms with Gasteiger partial charge >= 0.3 is 0 Å². The third-order valence-electron chi connectivity index (χ3n) is 3.54. The predicted molar refractivity (Wildman–Crippen MR) is 57.9 cm³/mol. The van der Waals surface area contributed by atoms with Crippen molar-refractivity contribution in [2.75, 3.05) is 0 Å². The lowest BCUT2D eigenvalue weighted by molar-refractivity contribution is 0.939. The molecule has 2 aliphatic carbocycles. The van der Waals surface area contributed by atoms with Crippen molar-refractivity contribution in [1.82, 2.24) is 0 Å². The van der Waals surface area contributed by atoms with Gasteiger partial charge in [0.05, 0.1) is 0 Å². The summed E-state index contributed by atoms with van der Waals surface area (Å²) < 4.78 is 0. The highest BCUT2D eigenvalue weighted by molar-refractivity contribution is 7.11. The van der Waals surface area contributed by atoms with Crippen LogP contribution in [0.3, 0.4) is 0 Å². The zero-order valence-electron chi connectivity index (χ0n) is 8.18. The minimum Gasteiger partial charge on any atom is -0.144 e. The summed E-state index contributed by atoms with van der Waals surface area (Å²) in [6.07, 6.45) is 4.32. The molecule has 0 aliphatic heterocycles. The van der Waals surface area contributed by atoms with E-state index >= 15 is 0 Å². The summed E-state index contributed by atoms with van der Waals surface area (Å²) in [5, 5.41) is 2.21. The lowest BCUT2D eigenvalue weighted by Gasteiger charge is -1.98. The van der Waals surface area contributed by atoms with Gasteiger partial charge in [0.1, 0.15) is 0 Å². The Morgan fingerprint density at radius 2 is 2.23 bits per heavy atom.